The van der Waals surface area contributed by atoms with Crippen LogP contribution >= 0.6 is 11.6 Å². The van der Waals surface area contributed by atoms with E-state index in [1.54, 1.807) is 18.5 Å². The van der Waals surface area contributed by atoms with E-state index in [-0.39, 0.29) is 17.9 Å². The minimum absolute atomic E-state index is 0.0559. The fourth-order valence-electron chi connectivity index (χ4n) is 4.26. The lowest BCUT2D eigenvalue weighted by atomic mass is 9.78. The molecule has 32 heavy (non-hydrogen) atoms. The summed E-state index contributed by atoms with van der Waals surface area (Å²) in [5.41, 5.74) is 4.80. The van der Waals surface area contributed by atoms with Gasteiger partial charge in [0.15, 0.2) is 0 Å². The van der Waals surface area contributed by atoms with Crippen LogP contribution < -0.4 is 10.2 Å². The Hall–Kier alpha value is -3.51. The van der Waals surface area contributed by atoms with Crippen molar-refractivity contribution >= 4 is 46.0 Å². The SMILES string of the molecule is CC(C)C1C=C2C(=Nc3ccccc3N2c2ccc(Cl)cc2)C(=N)C1Nc1ncccn1. The molecule has 7 heteroatoms. The van der Waals surface area contributed by atoms with E-state index in [9.17, 15) is 0 Å². The van der Waals surface area contributed by atoms with Gasteiger partial charge in [0.1, 0.15) is 5.71 Å². The second kappa shape index (κ2) is 8.20. The lowest BCUT2D eigenvalue weighted by molar-refractivity contribution is 0.449. The maximum absolute atomic E-state index is 9.13. The molecule has 5 rings (SSSR count). The fourth-order valence-corrected chi connectivity index (χ4v) is 4.38. The molecule has 0 amide bonds. The number of halogens is 1. The number of nitrogens with zero attached hydrogens (tertiary/aromatic N) is 4. The Morgan fingerprint density at radius 2 is 1.72 bits per heavy atom. The van der Waals surface area contributed by atoms with Gasteiger partial charge in [-0.05, 0) is 48.4 Å². The molecule has 2 N–H and O–H groups in total. The van der Waals surface area contributed by atoms with Crippen molar-refractivity contribution in [1.82, 2.24) is 9.97 Å². The molecule has 0 radical (unpaired) electrons. The van der Waals surface area contributed by atoms with Gasteiger partial charge in [-0.1, -0.05) is 43.7 Å². The number of anilines is 3. The van der Waals surface area contributed by atoms with E-state index in [0.717, 1.165) is 22.8 Å². The molecule has 3 aromatic rings. The van der Waals surface area contributed by atoms with Gasteiger partial charge in [-0.2, -0.15) is 0 Å². The van der Waals surface area contributed by atoms with Gasteiger partial charge < -0.3 is 15.6 Å². The van der Waals surface area contributed by atoms with Crippen LogP contribution in [0.4, 0.5) is 23.0 Å². The highest BCUT2D eigenvalue weighted by molar-refractivity contribution is 6.52. The average molecular weight is 443 g/mol. The number of hydrogen-bond donors (Lipinski definition) is 2. The fraction of sp³-hybridized carbons (Fsp3) is 0.200. The lowest BCUT2D eigenvalue weighted by Crippen LogP contribution is -2.49. The van der Waals surface area contributed by atoms with E-state index in [4.69, 9.17) is 22.0 Å². The zero-order valence-corrected chi connectivity index (χ0v) is 18.6. The van der Waals surface area contributed by atoms with Crippen LogP contribution in [-0.2, 0) is 0 Å². The molecule has 0 fully saturated rings. The molecule has 2 heterocycles. The number of para-hydroxylation sites is 2. The quantitative estimate of drug-likeness (QED) is 0.517. The summed E-state index contributed by atoms with van der Waals surface area (Å²) in [6.07, 6.45) is 5.63. The Labute approximate surface area is 192 Å². The Kier molecular flexibility index (Phi) is 5.23. The molecule has 0 saturated heterocycles. The van der Waals surface area contributed by atoms with Crippen LogP contribution in [0.15, 0.2) is 83.8 Å². The maximum Gasteiger partial charge on any atom is 0.223 e. The first-order chi connectivity index (χ1) is 15.5. The largest absolute Gasteiger partial charge is 0.345 e. The predicted octanol–water partition coefficient (Wildman–Crippen LogP) is 6.02. The topological polar surface area (TPSA) is 77.3 Å². The number of hydrogen-bond acceptors (Lipinski definition) is 6. The van der Waals surface area contributed by atoms with Crippen molar-refractivity contribution in [1.29, 1.82) is 5.41 Å². The van der Waals surface area contributed by atoms with Crippen molar-refractivity contribution < 1.29 is 0 Å². The van der Waals surface area contributed by atoms with Crippen LogP contribution in [0, 0.1) is 17.2 Å². The summed E-state index contributed by atoms with van der Waals surface area (Å²) in [6.45, 7) is 4.34. The standard InChI is InChI=1S/C25H23ClN6/c1-15(2)18-14-21-24(22(27)23(18)31-25-28-12-5-13-29-25)30-19-6-3-4-7-20(19)32(21)17-10-8-16(26)9-11-17/h3-15,18,23,27H,1-2H3,(H,28,29,31). The third-order valence-electron chi connectivity index (χ3n) is 5.84. The summed E-state index contributed by atoms with van der Waals surface area (Å²) in [6, 6.07) is 17.3. The van der Waals surface area contributed by atoms with Crippen LogP contribution in [0.3, 0.4) is 0 Å². The Balaban J connectivity index is 1.66. The zero-order valence-electron chi connectivity index (χ0n) is 17.8. The summed E-state index contributed by atoms with van der Waals surface area (Å²) in [7, 11) is 0. The number of benzene rings is 2. The molecule has 2 aliphatic rings. The highest BCUT2D eigenvalue weighted by atomic mass is 35.5. The Bertz CT molecular complexity index is 1220. The summed E-state index contributed by atoms with van der Waals surface area (Å²) >= 11 is 6.16. The van der Waals surface area contributed by atoms with Gasteiger partial charge in [-0.15, -0.1) is 0 Å². The van der Waals surface area contributed by atoms with Crippen LogP contribution in [0.5, 0.6) is 0 Å². The van der Waals surface area contributed by atoms with Gasteiger partial charge in [0.05, 0.1) is 28.8 Å². The third kappa shape index (κ3) is 3.56. The number of aliphatic imine (C=N–C) groups is 1. The normalized spacial score (nSPS) is 19.8. The van der Waals surface area contributed by atoms with E-state index < -0.39 is 0 Å². The first kappa shape index (κ1) is 20.4. The lowest BCUT2D eigenvalue weighted by Gasteiger charge is -2.41. The first-order valence-electron chi connectivity index (χ1n) is 10.6. The van der Waals surface area contributed by atoms with Crippen molar-refractivity contribution in [2.75, 3.05) is 10.2 Å². The molecule has 2 atom stereocenters. The second-order valence-corrected chi connectivity index (χ2v) is 8.68. The van der Waals surface area contributed by atoms with Crippen molar-refractivity contribution in [3.63, 3.8) is 0 Å². The number of nitrogens with one attached hydrogen (secondary N) is 2. The van der Waals surface area contributed by atoms with Crippen molar-refractivity contribution in [2.24, 2.45) is 16.8 Å². The smallest absolute Gasteiger partial charge is 0.223 e. The number of allylic oxidation sites excluding steroid dienone is 1. The van der Waals surface area contributed by atoms with Gasteiger partial charge in [0.25, 0.3) is 0 Å². The molecule has 1 aliphatic heterocycles. The molecule has 0 bridgehead atoms. The molecule has 0 spiro atoms. The van der Waals surface area contributed by atoms with Gasteiger partial charge in [-0.3, -0.25) is 0 Å². The van der Waals surface area contributed by atoms with Gasteiger partial charge in [0, 0.05) is 29.0 Å². The molecule has 2 unspecified atom stereocenters. The second-order valence-electron chi connectivity index (χ2n) is 8.24. The van der Waals surface area contributed by atoms with Gasteiger partial charge >= 0.3 is 0 Å². The molecule has 1 aliphatic carbocycles. The first-order valence-corrected chi connectivity index (χ1v) is 11.0. The molecule has 1 aromatic heterocycles. The van der Waals surface area contributed by atoms with Crippen molar-refractivity contribution in [2.45, 2.75) is 19.9 Å². The molecule has 2 aromatic carbocycles. The van der Waals surface area contributed by atoms with Crippen LogP contribution in [0.25, 0.3) is 0 Å². The van der Waals surface area contributed by atoms with E-state index in [1.807, 2.05) is 42.5 Å². The Morgan fingerprint density at radius 3 is 2.44 bits per heavy atom. The summed E-state index contributed by atoms with van der Waals surface area (Å²) < 4.78 is 0. The molecule has 160 valence electrons. The highest BCUT2D eigenvalue weighted by Gasteiger charge is 2.40. The van der Waals surface area contributed by atoms with Gasteiger partial charge in [0.2, 0.25) is 5.95 Å². The third-order valence-corrected chi connectivity index (χ3v) is 6.10. The Morgan fingerprint density at radius 1 is 1.00 bits per heavy atom. The number of aromatic nitrogens is 2. The molecule has 6 nitrogen and oxygen atoms in total. The highest BCUT2D eigenvalue weighted by Crippen LogP contribution is 2.44. The monoisotopic (exact) mass is 442 g/mol. The number of rotatable bonds is 4. The van der Waals surface area contributed by atoms with E-state index in [0.29, 0.717) is 22.4 Å². The number of fused-ring (bicyclic) bond motifs is 2. The van der Waals surface area contributed by atoms with E-state index in [1.165, 1.54) is 0 Å². The van der Waals surface area contributed by atoms with Crippen LogP contribution in [-0.4, -0.2) is 27.4 Å². The van der Waals surface area contributed by atoms with E-state index in [2.05, 4.69) is 46.2 Å². The van der Waals surface area contributed by atoms with Crippen LogP contribution in [0.2, 0.25) is 5.02 Å². The molecular formula is C25H23ClN6. The summed E-state index contributed by atoms with van der Waals surface area (Å²) in [5.74, 6) is 0.853. The predicted molar refractivity (Wildman–Crippen MR) is 131 cm³/mol. The summed E-state index contributed by atoms with van der Waals surface area (Å²) in [5, 5.41) is 13.2. The van der Waals surface area contributed by atoms with Crippen molar-refractivity contribution in [3.05, 3.63) is 83.8 Å². The van der Waals surface area contributed by atoms with Gasteiger partial charge in [-0.25, -0.2) is 15.0 Å². The molecular weight excluding hydrogens is 420 g/mol. The molecule has 0 saturated carbocycles. The minimum Gasteiger partial charge on any atom is -0.345 e. The average Bonchev–Trinajstić information content (AvgIpc) is 2.81. The zero-order chi connectivity index (χ0) is 22.2. The van der Waals surface area contributed by atoms with Crippen molar-refractivity contribution in [3.8, 4) is 0 Å². The summed E-state index contributed by atoms with van der Waals surface area (Å²) in [4.78, 5) is 15.7. The minimum atomic E-state index is -0.280. The van der Waals surface area contributed by atoms with Crippen LogP contribution in [0.1, 0.15) is 13.8 Å². The van der Waals surface area contributed by atoms with E-state index >= 15 is 0 Å². The maximum atomic E-state index is 9.13.